The van der Waals surface area contributed by atoms with Crippen molar-refractivity contribution < 1.29 is 9.59 Å². The molecule has 5 heteroatoms. The standard InChI is InChI=1S/C24H29N3O2/c1-18-5-3-4-6-22(18)26-15-13-25(14-16-26)11-10-24(29)21-7-8-23-20(17-21)9-12-27(23)19(2)28/h3-8,17H,9-16H2,1-2H3. The third kappa shape index (κ3) is 4.20. The molecular weight excluding hydrogens is 362 g/mol. The van der Waals surface area contributed by atoms with Crippen LogP contribution in [-0.4, -0.2) is 55.9 Å². The van der Waals surface area contributed by atoms with E-state index in [4.69, 9.17) is 0 Å². The predicted molar refractivity (Wildman–Crippen MR) is 117 cm³/mol. The molecule has 0 saturated carbocycles. The Bertz CT molecular complexity index is 916. The van der Waals surface area contributed by atoms with Crippen LogP contribution in [0.15, 0.2) is 42.5 Å². The van der Waals surface area contributed by atoms with Gasteiger partial charge >= 0.3 is 0 Å². The fourth-order valence-corrected chi connectivity index (χ4v) is 4.44. The Kier molecular flexibility index (Phi) is 5.67. The molecule has 0 bridgehead atoms. The first-order chi connectivity index (χ1) is 14.0. The van der Waals surface area contributed by atoms with Gasteiger partial charge in [0.25, 0.3) is 0 Å². The number of rotatable bonds is 5. The SMILES string of the molecule is CC(=O)N1CCc2cc(C(=O)CCN3CCN(c4ccccc4C)CC3)ccc21. The van der Waals surface area contributed by atoms with Crippen molar-refractivity contribution in [2.75, 3.05) is 49.1 Å². The third-order valence-electron chi connectivity index (χ3n) is 6.16. The molecular formula is C24H29N3O2. The molecule has 0 radical (unpaired) electrons. The topological polar surface area (TPSA) is 43.9 Å². The lowest BCUT2D eigenvalue weighted by molar-refractivity contribution is -0.116. The van der Waals surface area contributed by atoms with Crippen molar-refractivity contribution in [2.45, 2.75) is 26.7 Å². The van der Waals surface area contributed by atoms with Gasteiger partial charge in [-0.3, -0.25) is 14.5 Å². The number of carbonyl (C=O) groups excluding carboxylic acids is 2. The van der Waals surface area contributed by atoms with E-state index in [1.54, 1.807) is 11.8 Å². The van der Waals surface area contributed by atoms with Gasteiger partial charge in [-0.05, 0) is 48.7 Å². The van der Waals surface area contributed by atoms with Crippen LogP contribution in [0.25, 0.3) is 0 Å². The van der Waals surface area contributed by atoms with Gasteiger partial charge in [-0.1, -0.05) is 18.2 Å². The fraction of sp³-hybridized carbons (Fsp3) is 0.417. The normalized spacial score (nSPS) is 16.8. The highest BCUT2D eigenvalue weighted by Crippen LogP contribution is 2.29. The molecule has 1 amide bonds. The number of ketones is 1. The van der Waals surface area contributed by atoms with Gasteiger partial charge in [0.1, 0.15) is 0 Å². The summed E-state index contributed by atoms with van der Waals surface area (Å²) in [7, 11) is 0. The second-order valence-corrected chi connectivity index (χ2v) is 8.05. The summed E-state index contributed by atoms with van der Waals surface area (Å²) in [5.41, 5.74) is 5.48. The Balaban J connectivity index is 1.30. The minimum absolute atomic E-state index is 0.0627. The zero-order valence-electron chi connectivity index (χ0n) is 17.4. The number of hydrogen-bond acceptors (Lipinski definition) is 4. The molecule has 152 valence electrons. The molecule has 2 aliphatic heterocycles. The van der Waals surface area contributed by atoms with Crippen LogP contribution in [0.1, 0.15) is 34.8 Å². The van der Waals surface area contributed by atoms with Gasteiger partial charge in [-0.25, -0.2) is 0 Å². The van der Waals surface area contributed by atoms with Gasteiger partial charge < -0.3 is 9.80 Å². The van der Waals surface area contributed by atoms with Gasteiger partial charge in [-0.2, -0.15) is 0 Å². The number of Topliss-reactive ketones (excluding diaryl/α,β-unsaturated/α-hetero) is 1. The van der Waals surface area contributed by atoms with Crippen molar-refractivity contribution >= 4 is 23.1 Å². The molecule has 1 saturated heterocycles. The number of amides is 1. The quantitative estimate of drug-likeness (QED) is 0.734. The molecule has 0 unspecified atom stereocenters. The van der Waals surface area contributed by atoms with Crippen molar-refractivity contribution in [2.24, 2.45) is 0 Å². The molecule has 2 aromatic rings. The molecule has 0 aromatic heterocycles. The number of aryl methyl sites for hydroxylation is 1. The zero-order valence-corrected chi connectivity index (χ0v) is 17.4. The molecule has 0 aliphatic carbocycles. The smallest absolute Gasteiger partial charge is 0.223 e. The largest absolute Gasteiger partial charge is 0.369 e. The molecule has 0 atom stereocenters. The van der Waals surface area contributed by atoms with Gasteiger partial charge in [0.05, 0.1) is 0 Å². The van der Waals surface area contributed by atoms with Crippen molar-refractivity contribution in [3.8, 4) is 0 Å². The van der Waals surface area contributed by atoms with Crippen molar-refractivity contribution in [3.05, 3.63) is 59.2 Å². The second-order valence-electron chi connectivity index (χ2n) is 8.05. The maximum atomic E-state index is 12.7. The minimum atomic E-state index is 0.0627. The highest BCUT2D eigenvalue weighted by molar-refractivity contribution is 5.99. The van der Waals surface area contributed by atoms with Gasteiger partial charge in [-0.15, -0.1) is 0 Å². The van der Waals surface area contributed by atoms with Crippen LogP contribution in [0.5, 0.6) is 0 Å². The van der Waals surface area contributed by atoms with E-state index in [1.807, 2.05) is 18.2 Å². The molecule has 29 heavy (non-hydrogen) atoms. The summed E-state index contributed by atoms with van der Waals surface area (Å²) in [6, 6.07) is 14.3. The summed E-state index contributed by atoms with van der Waals surface area (Å²) in [6.07, 6.45) is 1.37. The average molecular weight is 392 g/mol. The van der Waals surface area contributed by atoms with Crippen LogP contribution < -0.4 is 9.80 Å². The first-order valence-corrected chi connectivity index (χ1v) is 10.5. The Labute approximate surface area is 172 Å². The van der Waals surface area contributed by atoms with Crippen LogP contribution in [0, 0.1) is 6.92 Å². The lowest BCUT2D eigenvalue weighted by Crippen LogP contribution is -2.47. The summed E-state index contributed by atoms with van der Waals surface area (Å²) in [5.74, 6) is 0.253. The summed E-state index contributed by atoms with van der Waals surface area (Å²) >= 11 is 0. The van der Waals surface area contributed by atoms with Gasteiger partial charge in [0.15, 0.2) is 5.78 Å². The summed E-state index contributed by atoms with van der Waals surface area (Å²) in [5, 5.41) is 0. The summed E-state index contributed by atoms with van der Waals surface area (Å²) in [4.78, 5) is 31.0. The van der Waals surface area contributed by atoms with Crippen LogP contribution in [0.4, 0.5) is 11.4 Å². The summed E-state index contributed by atoms with van der Waals surface area (Å²) in [6.45, 7) is 9.24. The Morgan fingerprint density at radius 3 is 2.41 bits per heavy atom. The minimum Gasteiger partial charge on any atom is -0.369 e. The van der Waals surface area contributed by atoms with Gasteiger partial charge in [0, 0.05) is 69.6 Å². The van der Waals surface area contributed by atoms with E-state index < -0.39 is 0 Å². The molecule has 2 aliphatic rings. The Morgan fingerprint density at radius 1 is 0.931 bits per heavy atom. The highest BCUT2D eigenvalue weighted by atomic mass is 16.2. The van der Waals surface area contributed by atoms with E-state index in [0.29, 0.717) is 13.0 Å². The highest BCUT2D eigenvalue weighted by Gasteiger charge is 2.23. The number of anilines is 2. The molecule has 1 fully saturated rings. The molecule has 5 nitrogen and oxygen atoms in total. The predicted octanol–water partition coefficient (Wildman–Crippen LogP) is 3.30. The monoisotopic (exact) mass is 391 g/mol. The second kappa shape index (κ2) is 8.37. The van der Waals surface area contributed by atoms with E-state index in [2.05, 4.69) is 41.0 Å². The Hall–Kier alpha value is -2.66. The third-order valence-corrected chi connectivity index (χ3v) is 6.16. The number of para-hydroxylation sites is 1. The first kappa shape index (κ1) is 19.6. The molecule has 2 aromatic carbocycles. The number of fused-ring (bicyclic) bond motifs is 1. The number of carbonyl (C=O) groups is 2. The Morgan fingerprint density at radius 2 is 1.69 bits per heavy atom. The number of benzene rings is 2. The van der Waals surface area contributed by atoms with Crippen LogP contribution >= 0.6 is 0 Å². The summed E-state index contributed by atoms with van der Waals surface area (Å²) < 4.78 is 0. The van der Waals surface area contributed by atoms with E-state index in [-0.39, 0.29) is 11.7 Å². The van der Waals surface area contributed by atoms with Crippen LogP contribution in [0.2, 0.25) is 0 Å². The number of hydrogen-bond donors (Lipinski definition) is 0. The fourth-order valence-electron chi connectivity index (χ4n) is 4.44. The van der Waals surface area contributed by atoms with Crippen molar-refractivity contribution in [1.82, 2.24) is 4.90 Å². The van der Waals surface area contributed by atoms with E-state index >= 15 is 0 Å². The van der Waals surface area contributed by atoms with Crippen LogP contribution in [0.3, 0.4) is 0 Å². The van der Waals surface area contributed by atoms with Crippen molar-refractivity contribution in [1.29, 1.82) is 0 Å². The van der Waals surface area contributed by atoms with Crippen LogP contribution in [-0.2, 0) is 11.2 Å². The maximum Gasteiger partial charge on any atom is 0.223 e. The van der Waals surface area contributed by atoms with E-state index in [9.17, 15) is 9.59 Å². The lowest BCUT2D eigenvalue weighted by atomic mass is 10.0. The molecule has 0 spiro atoms. The number of nitrogens with zero attached hydrogens (tertiary/aromatic N) is 3. The first-order valence-electron chi connectivity index (χ1n) is 10.5. The lowest BCUT2D eigenvalue weighted by Gasteiger charge is -2.36. The van der Waals surface area contributed by atoms with Crippen molar-refractivity contribution in [3.63, 3.8) is 0 Å². The number of piperazine rings is 1. The van der Waals surface area contributed by atoms with E-state index in [0.717, 1.165) is 56.0 Å². The van der Waals surface area contributed by atoms with E-state index in [1.165, 1.54) is 11.3 Å². The van der Waals surface area contributed by atoms with Gasteiger partial charge in [0.2, 0.25) is 5.91 Å². The maximum absolute atomic E-state index is 12.7. The average Bonchev–Trinajstić information content (AvgIpc) is 3.16. The molecule has 4 rings (SSSR count). The molecule has 0 N–H and O–H groups in total. The zero-order chi connectivity index (χ0) is 20.4. The molecule has 2 heterocycles.